The normalized spacial score (nSPS) is 8.37. The molecule has 0 bridgehead atoms. The van der Waals surface area contributed by atoms with Gasteiger partial charge in [-0.15, -0.1) is 0 Å². The molecule has 0 aliphatic carbocycles. The molecule has 0 rings (SSSR count). The minimum Gasteiger partial charge on any atom is -0.323 e. The van der Waals surface area contributed by atoms with Crippen LogP contribution >= 0.6 is 0 Å². The van der Waals surface area contributed by atoms with Gasteiger partial charge < -0.3 is 31.5 Å². The highest BCUT2D eigenvalue weighted by atomic mass is 15.0. The third-order valence-corrected chi connectivity index (χ3v) is 2.83. The summed E-state index contributed by atoms with van der Waals surface area (Å²) in [6, 6.07) is 0. The van der Waals surface area contributed by atoms with Crippen molar-refractivity contribution in [1.29, 1.82) is 0 Å². The Bertz CT molecular complexity index is 202. The lowest BCUT2D eigenvalue weighted by molar-refractivity contribution is 0.505. The molecule has 0 fully saturated rings. The van der Waals surface area contributed by atoms with Gasteiger partial charge in [-0.2, -0.15) is 0 Å². The molecule has 244 valence electrons. The molecule has 0 atom stereocenters. The van der Waals surface area contributed by atoms with E-state index in [1.807, 2.05) is 68.1 Å². The highest BCUT2D eigenvalue weighted by molar-refractivity contribution is 4.54. The van der Waals surface area contributed by atoms with Crippen LogP contribution in [0.15, 0.2) is 0 Å². The Morgan fingerprint density at radius 2 is 0.526 bits per heavy atom. The lowest BCUT2D eigenvalue weighted by Crippen LogP contribution is -2.25. The van der Waals surface area contributed by atoms with Crippen molar-refractivity contribution in [1.82, 2.24) is 31.5 Å². The van der Waals surface area contributed by atoms with Crippen LogP contribution in [0.25, 0.3) is 0 Å². The first-order valence-electron chi connectivity index (χ1n) is 16.1. The first kappa shape index (κ1) is 57.6. The van der Waals surface area contributed by atoms with E-state index in [0.29, 0.717) is 0 Å². The van der Waals surface area contributed by atoms with Gasteiger partial charge in [0, 0.05) is 0 Å². The molecular weight excluding hydrogens is 468 g/mol. The molecule has 0 saturated heterocycles. The van der Waals surface area contributed by atoms with Gasteiger partial charge in [-0.05, 0) is 114 Å². The van der Waals surface area contributed by atoms with E-state index in [9.17, 15) is 0 Å². The maximum absolute atomic E-state index is 3.49. The smallest absolute Gasteiger partial charge is 0.00368 e. The number of unbranched alkanes of at least 4 members (excludes halogenated alkanes) is 2. The summed E-state index contributed by atoms with van der Waals surface area (Å²) in [6.45, 7) is 28.2. The van der Waals surface area contributed by atoms with Crippen molar-refractivity contribution in [3.05, 3.63) is 0 Å². The first-order valence-corrected chi connectivity index (χ1v) is 16.1. The fourth-order valence-electron chi connectivity index (χ4n) is 1.66. The summed E-state index contributed by atoms with van der Waals surface area (Å²) in [5.41, 5.74) is 0. The zero-order chi connectivity index (χ0) is 31.7. The van der Waals surface area contributed by atoms with E-state index in [4.69, 9.17) is 0 Å². The van der Waals surface area contributed by atoms with Gasteiger partial charge in [-0.3, -0.25) is 0 Å². The van der Waals surface area contributed by atoms with Crippen LogP contribution in [0.1, 0.15) is 127 Å². The van der Waals surface area contributed by atoms with E-state index < -0.39 is 0 Å². The van der Waals surface area contributed by atoms with Crippen molar-refractivity contribution < 1.29 is 0 Å². The van der Waals surface area contributed by atoms with E-state index >= 15 is 0 Å². The van der Waals surface area contributed by atoms with E-state index in [0.717, 1.165) is 26.2 Å². The molecule has 6 nitrogen and oxygen atoms in total. The third-order valence-electron chi connectivity index (χ3n) is 2.83. The summed E-state index contributed by atoms with van der Waals surface area (Å²) in [6.07, 6.45) is 11.4. The Hall–Kier alpha value is -0.240. The summed E-state index contributed by atoms with van der Waals surface area (Å²) in [4.78, 5) is 2.00. The molecule has 0 aliphatic heterocycles. The van der Waals surface area contributed by atoms with Crippen LogP contribution in [-0.2, 0) is 0 Å². The molecular formula is C32H86N6. The van der Waals surface area contributed by atoms with Crippen molar-refractivity contribution in [3.8, 4) is 0 Å². The zero-order valence-electron chi connectivity index (χ0n) is 30.6. The SMILES string of the molecule is CC.CCC.CCC.CCC.CCCCNCCCNCCCNCCCC.CN(C)C.CNC.CNC. The van der Waals surface area contributed by atoms with Crippen LogP contribution in [0.3, 0.4) is 0 Å². The van der Waals surface area contributed by atoms with Gasteiger partial charge in [0.2, 0.25) is 0 Å². The van der Waals surface area contributed by atoms with Gasteiger partial charge in [-0.1, -0.05) is 101 Å². The Kier molecular flexibility index (Phi) is 138. The molecule has 0 aromatic rings. The largest absolute Gasteiger partial charge is 0.323 e. The zero-order valence-corrected chi connectivity index (χ0v) is 30.6. The van der Waals surface area contributed by atoms with Gasteiger partial charge >= 0.3 is 0 Å². The molecule has 0 amide bonds. The third kappa shape index (κ3) is 228. The van der Waals surface area contributed by atoms with E-state index in [1.165, 1.54) is 70.9 Å². The second-order valence-electron chi connectivity index (χ2n) is 9.13. The Morgan fingerprint density at radius 3 is 0.658 bits per heavy atom. The number of hydrogen-bond donors (Lipinski definition) is 5. The number of rotatable bonds is 14. The van der Waals surface area contributed by atoms with Crippen LogP contribution < -0.4 is 26.6 Å². The average molecular weight is 555 g/mol. The Labute approximate surface area is 247 Å². The molecule has 0 unspecified atom stereocenters. The fourth-order valence-corrected chi connectivity index (χ4v) is 1.66. The molecule has 5 N–H and O–H groups in total. The van der Waals surface area contributed by atoms with Gasteiger partial charge in [-0.25, -0.2) is 0 Å². The van der Waals surface area contributed by atoms with Crippen molar-refractivity contribution >= 4 is 0 Å². The summed E-state index contributed by atoms with van der Waals surface area (Å²) in [7, 11) is 13.5. The van der Waals surface area contributed by atoms with Crippen molar-refractivity contribution in [2.75, 3.05) is 88.6 Å². The maximum atomic E-state index is 3.49. The van der Waals surface area contributed by atoms with E-state index in [2.05, 4.69) is 82.0 Å². The second kappa shape index (κ2) is 90.7. The Balaban J connectivity index is -0.0000000582. The second-order valence-corrected chi connectivity index (χ2v) is 9.13. The van der Waals surface area contributed by atoms with Gasteiger partial charge in [0.15, 0.2) is 0 Å². The van der Waals surface area contributed by atoms with Crippen LogP contribution in [0, 0.1) is 0 Å². The molecule has 6 heteroatoms. The first-order chi connectivity index (χ1) is 18.2. The minimum absolute atomic E-state index is 1.15. The number of nitrogens with one attached hydrogen (secondary N) is 5. The summed E-state index contributed by atoms with van der Waals surface area (Å²) >= 11 is 0. The monoisotopic (exact) mass is 555 g/mol. The standard InChI is InChI=1S/C14H33N3.C3H9N.3C3H8.2C2H7N.C2H6/c1-3-5-9-15-11-7-13-17-14-8-12-16-10-6-4-2;1-4(2)3;5*1-3-2;1-2/h15-17H,3-14H2,1-2H3;1-3H3;3*3H2,1-2H3;2*3H,1-2H3;1-2H3. The van der Waals surface area contributed by atoms with Crippen LogP contribution in [-0.4, -0.2) is 93.5 Å². The molecule has 38 heavy (non-hydrogen) atoms. The van der Waals surface area contributed by atoms with Crippen molar-refractivity contribution in [2.45, 2.75) is 127 Å². The summed E-state index contributed by atoms with van der Waals surface area (Å²) < 4.78 is 0. The van der Waals surface area contributed by atoms with Crippen molar-refractivity contribution in [3.63, 3.8) is 0 Å². The van der Waals surface area contributed by atoms with E-state index in [-0.39, 0.29) is 0 Å². The lowest BCUT2D eigenvalue weighted by Gasteiger charge is -2.06. The number of hydrogen-bond acceptors (Lipinski definition) is 6. The molecule has 0 radical (unpaired) electrons. The quantitative estimate of drug-likeness (QED) is 0.146. The topological polar surface area (TPSA) is 63.4 Å². The van der Waals surface area contributed by atoms with Gasteiger partial charge in [0.1, 0.15) is 0 Å². The molecule has 0 spiro atoms. The molecule has 0 heterocycles. The minimum atomic E-state index is 1.15. The van der Waals surface area contributed by atoms with Crippen LogP contribution in [0.2, 0.25) is 0 Å². The molecule has 0 saturated carbocycles. The summed E-state index contributed by atoms with van der Waals surface area (Å²) in [5, 5.41) is 15.9. The highest BCUT2D eigenvalue weighted by Crippen LogP contribution is 1.84. The molecule has 0 aromatic carbocycles. The Morgan fingerprint density at radius 1 is 0.395 bits per heavy atom. The predicted molar refractivity (Wildman–Crippen MR) is 186 cm³/mol. The van der Waals surface area contributed by atoms with Crippen LogP contribution in [0.4, 0.5) is 0 Å². The van der Waals surface area contributed by atoms with Crippen molar-refractivity contribution in [2.24, 2.45) is 0 Å². The molecule has 0 aliphatic rings. The highest BCUT2D eigenvalue weighted by Gasteiger charge is 1.90. The number of nitrogens with zero attached hydrogens (tertiary/aromatic N) is 1. The summed E-state index contributed by atoms with van der Waals surface area (Å²) in [5.74, 6) is 0. The van der Waals surface area contributed by atoms with Gasteiger partial charge in [0.25, 0.3) is 0 Å². The average Bonchev–Trinajstić information content (AvgIpc) is 2.86. The molecule has 0 aromatic heterocycles. The maximum Gasteiger partial charge on any atom is -0.00368 e. The lowest BCUT2D eigenvalue weighted by atomic mass is 10.3. The van der Waals surface area contributed by atoms with E-state index in [1.54, 1.807) is 0 Å². The van der Waals surface area contributed by atoms with Gasteiger partial charge in [0.05, 0.1) is 0 Å². The fraction of sp³-hybridized carbons (Fsp3) is 1.00. The predicted octanol–water partition coefficient (Wildman–Crippen LogP) is 7.26. The van der Waals surface area contributed by atoms with Crippen LogP contribution in [0.5, 0.6) is 0 Å².